The van der Waals surface area contributed by atoms with Crippen molar-refractivity contribution in [1.82, 2.24) is 4.58 Å². The van der Waals surface area contributed by atoms with Crippen molar-refractivity contribution in [3.63, 3.8) is 0 Å². The number of alkyl halides is 6. The van der Waals surface area contributed by atoms with Crippen LogP contribution in [0.1, 0.15) is 55.8 Å². The Bertz CT molecular complexity index is 1980. The number of hydrogen-bond acceptors (Lipinski definition) is 4. The third kappa shape index (κ3) is 6.00. The lowest BCUT2D eigenvalue weighted by molar-refractivity contribution is -0.128. The monoisotopic (exact) mass is 643 g/mol. The van der Waals surface area contributed by atoms with Crippen LogP contribution < -0.4 is 24.8 Å². The highest BCUT2D eigenvalue weighted by atomic mass is 19.4. The fourth-order valence-corrected chi connectivity index (χ4v) is 6.47. The molecule has 0 aliphatic carbocycles. The Kier molecular flexibility index (Phi) is 7.71. The second kappa shape index (κ2) is 11.4. The number of nitrogens with zero attached hydrogens (tertiary/aromatic N) is 4. The SMILES string of the molecule is [N-]=[N+]=CC(=O)c1ccc(C(=O)O)cc1C1=c2cc3c(cc2Oc2cc4c(cc21)CCCN4CC(F)(F)F)=[N+](CC(F)(F)F)CCC3. The first-order chi connectivity index (χ1) is 21.7. The van der Waals surface area contributed by atoms with E-state index in [9.17, 15) is 41.0 Å². The summed E-state index contributed by atoms with van der Waals surface area (Å²) in [5.74, 6) is -1.89. The van der Waals surface area contributed by atoms with E-state index in [0.717, 1.165) is 0 Å². The van der Waals surface area contributed by atoms with Crippen molar-refractivity contribution in [3.05, 3.63) is 92.0 Å². The van der Waals surface area contributed by atoms with Gasteiger partial charge in [-0.05, 0) is 60.7 Å². The Hall–Kier alpha value is -4.97. The van der Waals surface area contributed by atoms with E-state index in [1.54, 1.807) is 12.1 Å². The standard InChI is InChI=1S/C32H24F6N4O4/c33-31(34,35)15-41-7-1-3-17-9-22-27(12-24(17)41)46-28-13-25-18(4-2-8-42(25)16-32(36,37)38)10-23(28)29(22)21-11-19(30(44)45)5-6-20(21)26(43)14-40-39/h5-6,9-14H,1-4,7-8,15-16H2/p+1. The summed E-state index contributed by atoms with van der Waals surface area (Å²) in [5, 5.41) is 10.5. The van der Waals surface area contributed by atoms with E-state index in [0.29, 0.717) is 59.4 Å². The van der Waals surface area contributed by atoms with Crippen LogP contribution in [0.15, 0.2) is 42.5 Å². The van der Waals surface area contributed by atoms with E-state index >= 15 is 0 Å². The van der Waals surface area contributed by atoms with Gasteiger partial charge in [-0.15, -0.1) is 0 Å². The molecule has 46 heavy (non-hydrogen) atoms. The van der Waals surface area contributed by atoms with Gasteiger partial charge in [0.05, 0.1) is 11.6 Å². The van der Waals surface area contributed by atoms with E-state index in [4.69, 9.17) is 10.3 Å². The van der Waals surface area contributed by atoms with Gasteiger partial charge in [0.25, 0.3) is 5.78 Å². The average molecular weight is 644 g/mol. The number of rotatable bonds is 6. The summed E-state index contributed by atoms with van der Waals surface area (Å²) >= 11 is 0. The molecule has 3 aliphatic rings. The second-order valence-electron chi connectivity index (χ2n) is 11.4. The van der Waals surface area contributed by atoms with Gasteiger partial charge in [0.1, 0.15) is 24.6 Å². The maximum atomic E-state index is 13.5. The predicted octanol–water partition coefficient (Wildman–Crippen LogP) is 4.54. The molecule has 3 heterocycles. The largest absolute Gasteiger partial charge is 0.478 e. The smallest absolute Gasteiger partial charge is 0.448 e. The topological polar surface area (TPSA) is 106 Å². The van der Waals surface area contributed by atoms with Gasteiger partial charge in [-0.1, -0.05) is 0 Å². The second-order valence-corrected chi connectivity index (χ2v) is 11.4. The molecule has 0 atom stereocenters. The average Bonchev–Trinajstić information content (AvgIpc) is 2.97. The number of benzene rings is 3. The molecule has 0 radical (unpaired) electrons. The number of carboxylic acid groups (broad SMARTS) is 1. The number of carbonyl (C=O) groups is 2. The van der Waals surface area contributed by atoms with Gasteiger partial charge in [-0.2, -0.15) is 31.1 Å². The van der Waals surface area contributed by atoms with Gasteiger partial charge >= 0.3 is 24.5 Å². The van der Waals surface area contributed by atoms with Gasteiger partial charge in [0, 0.05) is 52.2 Å². The van der Waals surface area contributed by atoms with Crippen LogP contribution in [0, 0.1) is 0 Å². The third-order valence-corrected chi connectivity index (χ3v) is 8.27. The van der Waals surface area contributed by atoms with E-state index < -0.39 is 37.2 Å². The number of ketones is 1. The number of anilines is 1. The van der Waals surface area contributed by atoms with Crippen LogP contribution >= 0.6 is 0 Å². The number of Topliss-reactive ketones (excluding diaryl/α,β-unsaturated/α-hetero) is 1. The molecule has 14 heteroatoms. The van der Waals surface area contributed by atoms with Crippen LogP contribution in [0.5, 0.6) is 11.5 Å². The first-order valence-electron chi connectivity index (χ1n) is 14.3. The molecule has 8 nitrogen and oxygen atoms in total. The molecule has 0 saturated carbocycles. The molecule has 0 spiro atoms. The van der Waals surface area contributed by atoms with E-state index in [-0.39, 0.29) is 52.3 Å². The minimum Gasteiger partial charge on any atom is -0.478 e. The lowest BCUT2D eigenvalue weighted by Crippen LogP contribution is -2.43. The summed E-state index contributed by atoms with van der Waals surface area (Å²) in [4.78, 5) is 29.1. The number of aryl methyl sites for hydroxylation is 2. The predicted molar refractivity (Wildman–Crippen MR) is 153 cm³/mol. The van der Waals surface area contributed by atoms with Gasteiger partial charge in [0.2, 0.25) is 11.9 Å². The van der Waals surface area contributed by atoms with Crippen molar-refractivity contribution >= 4 is 29.2 Å². The molecule has 0 bridgehead atoms. The van der Waals surface area contributed by atoms with Crippen molar-refractivity contribution in [2.45, 2.75) is 38.0 Å². The Morgan fingerprint density at radius 2 is 1.72 bits per heavy atom. The Morgan fingerprint density at radius 1 is 0.957 bits per heavy atom. The quantitative estimate of drug-likeness (QED) is 0.0830. The number of carboxylic acids is 1. The fourth-order valence-electron chi connectivity index (χ4n) is 6.47. The summed E-state index contributed by atoms with van der Waals surface area (Å²) in [6.45, 7) is -2.13. The molecule has 0 fully saturated rings. The summed E-state index contributed by atoms with van der Waals surface area (Å²) in [7, 11) is 0. The summed E-state index contributed by atoms with van der Waals surface area (Å²) in [6.07, 6.45) is -6.60. The molecule has 0 aromatic heterocycles. The number of carbonyl (C=O) groups excluding carboxylic acids is 1. The van der Waals surface area contributed by atoms with Crippen LogP contribution in [-0.2, 0) is 12.8 Å². The highest BCUT2D eigenvalue weighted by Gasteiger charge is 2.37. The minimum atomic E-state index is -4.49. The molecule has 3 aliphatic heterocycles. The van der Waals surface area contributed by atoms with Crippen molar-refractivity contribution in [1.29, 1.82) is 0 Å². The van der Waals surface area contributed by atoms with Gasteiger partial charge in [-0.25, -0.2) is 9.37 Å². The molecule has 3 aromatic rings. The Balaban J connectivity index is 1.70. The number of halogens is 6. The maximum absolute atomic E-state index is 13.5. The van der Waals surface area contributed by atoms with Gasteiger partial charge in [0.15, 0.2) is 0 Å². The third-order valence-electron chi connectivity index (χ3n) is 8.27. The van der Waals surface area contributed by atoms with Crippen LogP contribution in [0.25, 0.3) is 11.1 Å². The molecular formula is C32H25F6N4O4+. The molecule has 238 valence electrons. The van der Waals surface area contributed by atoms with Crippen LogP contribution in [0.4, 0.5) is 32.0 Å². The number of aromatic carboxylic acids is 1. The molecule has 6 rings (SSSR count). The molecule has 0 saturated heterocycles. The van der Waals surface area contributed by atoms with Crippen LogP contribution in [0.2, 0.25) is 0 Å². The van der Waals surface area contributed by atoms with Crippen molar-refractivity contribution in [2.24, 2.45) is 0 Å². The zero-order valence-electron chi connectivity index (χ0n) is 24.0. The molecule has 3 aromatic carbocycles. The number of fused-ring (bicyclic) bond motifs is 4. The molecule has 0 amide bonds. The molecule has 0 unspecified atom stereocenters. The highest BCUT2D eigenvalue weighted by Crippen LogP contribution is 2.43. The van der Waals surface area contributed by atoms with Crippen molar-refractivity contribution in [3.8, 4) is 11.5 Å². The van der Waals surface area contributed by atoms with Gasteiger partial charge in [-0.3, -0.25) is 4.79 Å². The Labute approximate surface area is 257 Å². The van der Waals surface area contributed by atoms with E-state index in [1.165, 1.54) is 39.8 Å². The van der Waals surface area contributed by atoms with E-state index in [2.05, 4.69) is 4.79 Å². The number of hydrogen-bond donors (Lipinski definition) is 1. The summed E-state index contributed by atoms with van der Waals surface area (Å²) in [6, 6.07) is 9.94. The highest BCUT2D eigenvalue weighted by molar-refractivity contribution is 6.34. The van der Waals surface area contributed by atoms with Crippen molar-refractivity contribution < 1.29 is 50.6 Å². The lowest BCUT2D eigenvalue weighted by Gasteiger charge is -2.34. The van der Waals surface area contributed by atoms with Gasteiger partial charge < -0.3 is 20.3 Å². The minimum absolute atomic E-state index is 0.0376. The molecular weight excluding hydrogens is 618 g/mol. The zero-order chi connectivity index (χ0) is 33.0. The Morgan fingerprint density at radius 3 is 2.41 bits per heavy atom. The van der Waals surface area contributed by atoms with Crippen molar-refractivity contribution in [2.75, 3.05) is 31.1 Å². The lowest BCUT2D eigenvalue weighted by atomic mass is 9.85. The van der Waals surface area contributed by atoms with Crippen LogP contribution in [-0.4, -0.2) is 66.4 Å². The zero-order valence-corrected chi connectivity index (χ0v) is 24.0. The first kappa shape index (κ1) is 31.0. The molecule has 1 N–H and O–H groups in total. The summed E-state index contributed by atoms with van der Waals surface area (Å²) in [5.41, 5.74) is 11.1. The summed E-state index contributed by atoms with van der Waals surface area (Å²) < 4.78 is 88.3. The fraction of sp³-hybridized carbons (Fsp3) is 0.312. The first-order valence-corrected chi connectivity index (χ1v) is 14.3. The maximum Gasteiger partial charge on any atom is 0.448 e. The number of ether oxygens (including phenoxy) is 1. The van der Waals surface area contributed by atoms with Crippen LogP contribution in [0.3, 0.4) is 0 Å². The van der Waals surface area contributed by atoms with E-state index in [1.807, 2.05) is 0 Å². The normalized spacial score (nSPS) is 15.6.